The minimum Gasteiger partial charge on any atom is -0.409 e. The van der Waals surface area contributed by atoms with E-state index in [1.54, 1.807) is 0 Å². The molecule has 1 aromatic carbocycles. The summed E-state index contributed by atoms with van der Waals surface area (Å²) >= 11 is 0.914. The van der Waals surface area contributed by atoms with E-state index < -0.39 is 42.5 Å². The van der Waals surface area contributed by atoms with E-state index in [4.69, 9.17) is 0 Å². The molecule has 1 N–H and O–H groups in total. The van der Waals surface area contributed by atoms with Gasteiger partial charge < -0.3 is 14.7 Å². The van der Waals surface area contributed by atoms with Gasteiger partial charge in [0.05, 0.1) is 23.6 Å². The number of alkyl halides is 5. The molecule has 2 aromatic rings. The number of aromatic nitrogens is 1. The first-order valence-corrected chi connectivity index (χ1v) is 9.49. The molecule has 0 saturated carbocycles. The summed E-state index contributed by atoms with van der Waals surface area (Å²) in [5, 5.41) is 9.40. The van der Waals surface area contributed by atoms with Crippen molar-refractivity contribution < 1.29 is 41.3 Å². The Morgan fingerprint density at radius 2 is 2.10 bits per heavy atom. The lowest BCUT2D eigenvalue weighted by Crippen LogP contribution is -2.41. The van der Waals surface area contributed by atoms with E-state index in [-0.39, 0.29) is 30.0 Å². The molecule has 1 aromatic heterocycles. The van der Waals surface area contributed by atoms with Crippen LogP contribution in [0.5, 0.6) is 5.75 Å². The second-order valence-electron chi connectivity index (χ2n) is 6.60. The SMILES string of the molecule is O=C(N=c1sc(CO)cn1-c1ccc2c(c1)C(F)(F)OC(F)(F)O2)N1CC[C@@H](F)C1. The number of rotatable bonds is 2. The highest BCUT2D eigenvalue weighted by Crippen LogP contribution is 2.46. The van der Waals surface area contributed by atoms with Crippen LogP contribution in [-0.4, -0.2) is 46.2 Å². The number of ether oxygens (including phenoxy) is 2. The van der Waals surface area contributed by atoms with Crippen LogP contribution in [-0.2, 0) is 17.5 Å². The molecule has 13 heteroatoms. The van der Waals surface area contributed by atoms with Gasteiger partial charge in [-0.2, -0.15) is 13.8 Å². The average Bonchev–Trinajstić information content (AvgIpc) is 3.26. The van der Waals surface area contributed by atoms with Crippen LogP contribution in [0.4, 0.5) is 26.7 Å². The molecule has 0 bridgehead atoms. The molecule has 1 saturated heterocycles. The third-order valence-corrected chi connectivity index (χ3v) is 5.45. The fourth-order valence-corrected chi connectivity index (χ4v) is 3.95. The number of amides is 2. The second kappa shape index (κ2) is 7.32. The van der Waals surface area contributed by atoms with Crippen molar-refractivity contribution in [3.8, 4) is 11.4 Å². The smallest absolute Gasteiger partial charge is 0.409 e. The number of fused-ring (bicyclic) bond motifs is 1. The molecule has 2 aliphatic rings. The van der Waals surface area contributed by atoms with Crippen molar-refractivity contribution in [2.24, 2.45) is 4.99 Å². The van der Waals surface area contributed by atoms with Crippen molar-refractivity contribution in [3.63, 3.8) is 0 Å². The predicted octanol–water partition coefficient (Wildman–Crippen LogP) is 3.10. The second-order valence-corrected chi connectivity index (χ2v) is 7.69. The number of urea groups is 1. The minimum absolute atomic E-state index is 0.0256. The summed E-state index contributed by atoms with van der Waals surface area (Å²) in [6, 6.07) is 2.26. The average molecular weight is 451 g/mol. The number of hydrogen-bond acceptors (Lipinski definition) is 5. The monoisotopic (exact) mass is 451 g/mol. The molecular weight excluding hydrogens is 437 g/mol. The normalized spacial score (nSPS) is 22.7. The summed E-state index contributed by atoms with van der Waals surface area (Å²) in [4.78, 5) is 17.8. The summed E-state index contributed by atoms with van der Waals surface area (Å²) in [5.41, 5.74) is -0.898. The lowest BCUT2D eigenvalue weighted by molar-refractivity contribution is -0.461. The van der Waals surface area contributed by atoms with Crippen LogP contribution in [0.2, 0.25) is 0 Å². The van der Waals surface area contributed by atoms with E-state index in [0.717, 1.165) is 23.5 Å². The first-order valence-electron chi connectivity index (χ1n) is 8.67. The molecule has 2 aliphatic heterocycles. The number of carbonyl (C=O) groups is 1. The molecule has 0 unspecified atom stereocenters. The standard InChI is InChI=1S/C17H14F5N3O4S/c18-9-3-4-24(6-9)14(27)23-15-25(7-11(8-26)30-15)10-1-2-13-12(5-10)16(19,20)29-17(21,22)28-13/h1-2,5,7,9,26H,3-4,6,8H2/t9-/m1/s1. The Hall–Kier alpha value is -2.51. The maximum Gasteiger partial charge on any atom is 0.540 e. The van der Waals surface area contributed by atoms with Gasteiger partial charge in [-0.1, -0.05) is 11.3 Å². The number of carbonyl (C=O) groups excluding carboxylic acids is 1. The van der Waals surface area contributed by atoms with Crippen LogP contribution in [0, 0.1) is 0 Å². The van der Waals surface area contributed by atoms with Gasteiger partial charge in [0, 0.05) is 18.4 Å². The Bertz CT molecular complexity index is 1050. The Kier molecular flexibility index (Phi) is 5.06. The fraction of sp³-hybridized carbons (Fsp3) is 0.412. The molecule has 1 atom stereocenters. The van der Waals surface area contributed by atoms with Crippen molar-refractivity contribution >= 4 is 17.4 Å². The first-order chi connectivity index (χ1) is 14.1. The number of hydrogen-bond donors (Lipinski definition) is 1. The highest BCUT2D eigenvalue weighted by Gasteiger charge is 2.54. The van der Waals surface area contributed by atoms with Crippen LogP contribution >= 0.6 is 11.3 Å². The minimum atomic E-state index is -4.49. The highest BCUT2D eigenvalue weighted by molar-refractivity contribution is 7.09. The predicted molar refractivity (Wildman–Crippen MR) is 92.2 cm³/mol. The van der Waals surface area contributed by atoms with E-state index in [2.05, 4.69) is 14.5 Å². The maximum atomic E-state index is 14.1. The fourth-order valence-electron chi connectivity index (χ4n) is 3.11. The van der Waals surface area contributed by atoms with E-state index in [9.17, 15) is 31.9 Å². The largest absolute Gasteiger partial charge is 0.540 e. The summed E-state index contributed by atoms with van der Waals surface area (Å²) in [7, 11) is 0. The van der Waals surface area contributed by atoms with Crippen molar-refractivity contribution in [3.05, 3.63) is 39.6 Å². The van der Waals surface area contributed by atoms with Gasteiger partial charge in [0.1, 0.15) is 11.9 Å². The van der Waals surface area contributed by atoms with Gasteiger partial charge in [0.15, 0.2) is 4.80 Å². The van der Waals surface area contributed by atoms with Crippen molar-refractivity contribution in [1.29, 1.82) is 0 Å². The van der Waals surface area contributed by atoms with Gasteiger partial charge in [-0.3, -0.25) is 4.57 Å². The van der Waals surface area contributed by atoms with E-state index >= 15 is 0 Å². The molecule has 4 rings (SSSR count). The number of benzene rings is 1. The van der Waals surface area contributed by atoms with Crippen LogP contribution in [0.15, 0.2) is 29.4 Å². The lowest BCUT2D eigenvalue weighted by Gasteiger charge is -2.30. The van der Waals surface area contributed by atoms with Crippen molar-refractivity contribution in [2.45, 2.75) is 31.6 Å². The molecule has 7 nitrogen and oxygen atoms in total. The van der Waals surface area contributed by atoms with Gasteiger partial charge in [0.2, 0.25) is 0 Å². The molecule has 0 spiro atoms. The summed E-state index contributed by atoms with van der Waals surface area (Å²) in [6.07, 6.45) is -8.42. The zero-order valence-electron chi connectivity index (χ0n) is 15.0. The zero-order chi connectivity index (χ0) is 21.7. The Morgan fingerprint density at radius 1 is 1.33 bits per heavy atom. The summed E-state index contributed by atoms with van der Waals surface area (Å²) in [5.74, 6) is -0.765. The molecule has 3 heterocycles. The van der Waals surface area contributed by atoms with Gasteiger partial charge in [-0.25, -0.2) is 13.9 Å². The molecule has 162 valence electrons. The Balaban J connectivity index is 1.76. The Morgan fingerprint density at radius 3 is 2.77 bits per heavy atom. The third-order valence-electron chi connectivity index (χ3n) is 4.48. The van der Waals surface area contributed by atoms with Crippen LogP contribution in [0.1, 0.15) is 16.9 Å². The number of aliphatic hydroxyl groups excluding tert-OH is 1. The zero-order valence-corrected chi connectivity index (χ0v) is 15.8. The first kappa shape index (κ1) is 20.8. The summed E-state index contributed by atoms with van der Waals surface area (Å²) in [6.45, 7) is -0.325. The van der Waals surface area contributed by atoms with Crippen LogP contribution in [0.3, 0.4) is 0 Å². The van der Waals surface area contributed by atoms with Gasteiger partial charge in [-0.05, 0) is 24.6 Å². The number of aliphatic hydroxyl groups is 1. The van der Waals surface area contributed by atoms with Gasteiger partial charge in [0.25, 0.3) is 0 Å². The van der Waals surface area contributed by atoms with Crippen LogP contribution in [0.25, 0.3) is 5.69 Å². The van der Waals surface area contributed by atoms with Crippen molar-refractivity contribution in [2.75, 3.05) is 13.1 Å². The summed E-state index contributed by atoms with van der Waals surface area (Å²) < 4.78 is 76.7. The Labute approximate surface area is 169 Å². The maximum absolute atomic E-state index is 14.1. The van der Waals surface area contributed by atoms with Gasteiger partial charge in [-0.15, -0.1) is 8.78 Å². The highest BCUT2D eigenvalue weighted by atomic mass is 32.1. The molecule has 1 fully saturated rings. The van der Waals surface area contributed by atoms with Gasteiger partial charge >= 0.3 is 18.4 Å². The third kappa shape index (κ3) is 3.91. The number of thiazole rings is 1. The van der Waals surface area contributed by atoms with Crippen LogP contribution < -0.4 is 9.54 Å². The molecule has 2 amide bonds. The number of likely N-dealkylation sites (tertiary alicyclic amines) is 1. The number of halogens is 5. The molecule has 30 heavy (non-hydrogen) atoms. The molecule has 0 aliphatic carbocycles. The van der Waals surface area contributed by atoms with E-state index in [1.165, 1.54) is 21.7 Å². The molecule has 0 radical (unpaired) electrons. The number of nitrogens with zero attached hydrogens (tertiary/aromatic N) is 3. The van der Waals surface area contributed by atoms with Crippen molar-refractivity contribution in [1.82, 2.24) is 9.47 Å². The quantitative estimate of drug-likeness (QED) is 0.713. The lowest BCUT2D eigenvalue weighted by atomic mass is 10.1. The van der Waals surface area contributed by atoms with E-state index in [1.807, 2.05) is 0 Å². The van der Waals surface area contributed by atoms with E-state index in [0.29, 0.717) is 4.88 Å². The molecular formula is C17H14F5N3O4S. The topological polar surface area (TPSA) is 76.3 Å².